The fraction of sp³-hybridized carbons (Fsp3) is 0.0714. The minimum Gasteiger partial charge on any atom is -0.397 e. The van der Waals surface area contributed by atoms with Gasteiger partial charge in [0.05, 0.1) is 5.69 Å². The van der Waals surface area contributed by atoms with Gasteiger partial charge in [-0.2, -0.15) is 0 Å². The van der Waals surface area contributed by atoms with Crippen LogP contribution in [-0.2, 0) is 0 Å². The molecule has 0 aliphatic rings. The molecular formula is C14H11N3OS. The SMILES string of the molecule is Cc1ccnc2sc(C(=O)c3ccncc3)c(N)c12. The maximum absolute atomic E-state index is 12.4. The van der Waals surface area contributed by atoms with Gasteiger partial charge in [-0.05, 0) is 30.7 Å². The first-order valence-electron chi connectivity index (χ1n) is 5.77. The lowest BCUT2D eigenvalue weighted by Gasteiger charge is -1.99. The van der Waals surface area contributed by atoms with Gasteiger partial charge in [0.25, 0.3) is 0 Å². The number of thiophene rings is 1. The van der Waals surface area contributed by atoms with Crippen LogP contribution in [0.5, 0.6) is 0 Å². The van der Waals surface area contributed by atoms with Crippen molar-refractivity contribution < 1.29 is 4.79 Å². The highest BCUT2D eigenvalue weighted by molar-refractivity contribution is 7.21. The third-order valence-electron chi connectivity index (χ3n) is 2.99. The molecule has 0 saturated carbocycles. The van der Waals surface area contributed by atoms with Crippen molar-refractivity contribution >= 4 is 33.0 Å². The first kappa shape index (κ1) is 11.8. The molecule has 3 rings (SSSR count). The summed E-state index contributed by atoms with van der Waals surface area (Å²) in [5, 5.41) is 0.880. The molecule has 0 unspecified atom stereocenters. The van der Waals surface area contributed by atoms with E-state index in [0.29, 0.717) is 16.1 Å². The van der Waals surface area contributed by atoms with Crippen LogP contribution in [0.3, 0.4) is 0 Å². The van der Waals surface area contributed by atoms with Gasteiger partial charge in [0, 0.05) is 29.5 Å². The second kappa shape index (κ2) is 4.44. The lowest BCUT2D eigenvalue weighted by atomic mass is 10.1. The first-order valence-corrected chi connectivity index (χ1v) is 6.58. The third kappa shape index (κ3) is 1.88. The van der Waals surface area contributed by atoms with Crippen LogP contribution in [-0.4, -0.2) is 15.8 Å². The molecule has 0 aromatic carbocycles. The van der Waals surface area contributed by atoms with Crippen molar-refractivity contribution in [2.45, 2.75) is 6.92 Å². The zero-order chi connectivity index (χ0) is 13.4. The Morgan fingerprint density at radius 2 is 1.95 bits per heavy atom. The molecular weight excluding hydrogens is 258 g/mol. The highest BCUT2D eigenvalue weighted by atomic mass is 32.1. The predicted octanol–water partition coefficient (Wildman–Crippen LogP) is 2.81. The van der Waals surface area contributed by atoms with E-state index >= 15 is 0 Å². The molecule has 94 valence electrons. The van der Waals surface area contributed by atoms with Crippen LogP contribution in [0.1, 0.15) is 20.8 Å². The van der Waals surface area contributed by atoms with Crippen LogP contribution < -0.4 is 5.73 Å². The molecule has 0 aliphatic heterocycles. The zero-order valence-corrected chi connectivity index (χ0v) is 11.1. The van der Waals surface area contributed by atoms with E-state index in [0.717, 1.165) is 15.8 Å². The molecule has 0 bridgehead atoms. The minimum absolute atomic E-state index is 0.0812. The molecule has 3 heterocycles. The fourth-order valence-electron chi connectivity index (χ4n) is 2.01. The van der Waals surface area contributed by atoms with Gasteiger partial charge in [0.1, 0.15) is 9.71 Å². The van der Waals surface area contributed by atoms with E-state index in [4.69, 9.17) is 5.73 Å². The summed E-state index contributed by atoms with van der Waals surface area (Å²) >= 11 is 1.33. The molecule has 2 N–H and O–H groups in total. The van der Waals surface area contributed by atoms with Crippen molar-refractivity contribution in [1.29, 1.82) is 0 Å². The van der Waals surface area contributed by atoms with Gasteiger partial charge in [0.15, 0.2) is 0 Å². The van der Waals surface area contributed by atoms with Gasteiger partial charge < -0.3 is 5.73 Å². The summed E-state index contributed by atoms with van der Waals surface area (Å²) in [6.45, 7) is 1.97. The van der Waals surface area contributed by atoms with Crippen molar-refractivity contribution in [3.05, 3.63) is 52.8 Å². The minimum atomic E-state index is -0.0812. The van der Waals surface area contributed by atoms with E-state index in [1.807, 2.05) is 13.0 Å². The number of ketones is 1. The highest BCUT2D eigenvalue weighted by Crippen LogP contribution is 2.35. The molecule has 0 fully saturated rings. The van der Waals surface area contributed by atoms with Crippen LogP contribution >= 0.6 is 11.3 Å². The number of fused-ring (bicyclic) bond motifs is 1. The molecule has 4 nitrogen and oxygen atoms in total. The first-order chi connectivity index (χ1) is 9.18. The predicted molar refractivity (Wildman–Crippen MR) is 76.4 cm³/mol. The smallest absolute Gasteiger partial charge is 0.205 e. The Morgan fingerprint density at radius 3 is 2.63 bits per heavy atom. The van der Waals surface area contributed by atoms with Crippen LogP contribution in [0.25, 0.3) is 10.2 Å². The normalized spacial score (nSPS) is 10.8. The molecule has 19 heavy (non-hydrogen) atoms. The lowest BCUT2D eigenvalue weighted by molar-refractivity contribution is 0.104. The van der Waals surface area contributed by atoms with E-state index < -0.39 is 0 Å². The number of nitrogens with two attached hydrogens (primary N) is 1. The summed E-state index contributed by atoms with van der Waals surface area (Å²) < 4.78 is 0. The summed E-state index contributed by atoms with van der Waals surface area (Å²) in [6.07, 6.45) is 4.93. The molecule has 0 atom stereocenters. The lowest BCUT2D eigenvalue weighted by Crippen LogP contribution is -2.02. The van der Waals surface area contributed by atoms with E-state index in [1.54, 1.807) is 30.7 Å². The Kier molecular flexibility index (Phi) is 2.76. The van der Waals surface area contributed by atoms with E-state index in [9.17, 15) is 4.79 Å². The summed E-state index contributed by atoms with van der Waals surface area (Å²) in [6, 6.07) is 5.27. The second-order valence-corrected chi connectivity index (χ2v) is 5.22. The summed E-state index contributed by atoms with van der Waals surface area (Å²) in [5.74, 6) is -0.0812. The van der Waals surface area contributed by atoms with Gasteiger partial charge in [-0.25, -0.2) is 4.98 Å². The van der Waals surface area contributed by atoms with E-state index in [-0.39, 0.29) is 5.78 Å². The molecule has 0 radical (unpaired) electrons. The van der Waals surface area contributed by atoms with Gasteiger partial charge in [-0.3, -0.25) is 9.78 Å². The Morgan fingerprint density at radius 1 is 1.21 bits per heavy atom. The Labute approximate surface area is 113 Å². The van der Waals surface area contributed by atoms with Crippen LogP contribution in [0, 0.1) is 6.92 Å². The van der Waals surface area contributed by atoms with Crippen molar-refractivity contribution in [3.63, 3.8) is 0 Å². The van der Waals surface area contributed by atoms with E-state index in [1.165, 1.54) is 11.3 Å². The van der Waals surface area contributed by atoms with Crippen molar-refractivity contribution in [2.75, 3.05) is 5.73 Å². The monoisotopic (exact) mass is 269 g/mol. The molecule has 0 aliphatic carbocycles. The Bertz CT molecular complexity index is 765. The van der Waals surface area contributed by atoms with Gasteiger partial charge >= 0.3 is 0 Å². The topological polar surface area (TPSA) is 68.9 Å². The summed E-state index contributed by atoms with van der Waals surface area (Å²) in [4.78, 5) is 22.0. The molecule has 0 amide bonds. The average molecular weight is 269 g/mol. The number of aryl methyl sites for hydroxylation is 1. The number of nitrogens with zero attached hydrogens (tertiary/aromatic N) is 2. The third-order valence-corrected chi connectivity index (χ3v) is 4.10. The largest absolute Gasteiger partial charge is 0.397 e. The highest BCUT2D eigenvalue weighted by Gasteiger charge is 2.19. The van der Waals surface area contributed by atoms with Crippen LogP contribution in [0.4, 0.5) is 5.69 Å². The molecule has 0 saturated heterocycles. The zero-order valence-electron chi connectivity index (χ0n) is 10.3. The number of pyridine rings is 2. The number of anilines is 1. The quantitative estimate of drug-likeness (QED) is 0.726. The number of hydrogen-bond donors (Lipinski definition) is 1. The Hall–Kier alpha value is -2.27. The second-order valence-electron chi connectivity index (χ2n) is 4.22. The summed E-state index contributed by atoms with van der Waals surface area (Å²) in [7, 11) is 0. The standard InChI is InChI=1S/C14H11N3OS/c1-8-2-7-17-14-10(8)11(15)13(19-14)12(18)9-3-5-16-6-4-9/h2-7H,15H2,1H3. The molecule has 5 heteroatoms. The number of hydrogen-bond acceptors (Lipinski definition) is 5. The van der Waals surface area contributed by atoms with Gasteiger partial charge in [0.2, 0.25) is 5.78 Å². The van der Waals surface area contributed by atoms with Crippen molar-refractivity contribution in [3.8, 4) is 0 Å². The summed E-state index contributed by atoms with van der Waals surface area (Å²) in [5.41, 5.74) is 8.26. The molecule has 3 aromatic rings. The molecule has 0 spiro atoms. The maximum Gasteiger partial charge on any atom is 0.205 e. The Balaban J connectivity index is 2.19. The van der Waals surface area contributed by atoms with Crippen molar-refractivity contribution in [2.24, 2.45) is 0 Å². The van der Waals surface area contributed by atoms with Gasteiger partial charge in [-0.15, -0.1) is 11.3 Å². The number of rotatable bonds is 2. The molecule has 3 aromatic heterocycles. The number of carbonyl (C=O) groups is 1. The average Bonchev–Trinajstić information content (AvgIpc) is 2.78. The number of nitrogen functional groups attached to an aromatic ring is 1. The van der Waals surface area contributed by atoms with Crippen LogP contribution in [0.15, 0.2) is 36.8 Å². The van der Waals surface area contributed by atoms with Crippen LogP contribution in [0.2, 0.25) is 0 Å². The van der Waals surface area contributed by atoms with Gasteiger partial charge in [-0.1, -0.05) is 0 Å². The number of aromatic nitrogens is 2. The fourth-order valence-corrected chi connectivity index (χ4v) is 3.11. The van der Waals surface area contributed by atoms with E-state index in [2.05, 4.69) is 9.97 Å². The maximum atomic E-state index is 12.4. The number of carbonyl (C=O) groups excluding carboxylic acids is 1. The van der Waals surface area contributed by atoms with Crippen molar-refractivity contribution in [1.82, 2.24) is 9.97 Å².